The normalized spacial score (nSPS) is 11.6. The number of fused-ring (bicyclic) bond motifs is 1. The molecule has 0 aliphatic rings. The van der Waals surface area contributed by atoms with Crippen LogP contribution in [0.1, 0.15) is 6.42 Å². The molecule has 0 aliphatic heterocycles. The van der Waals surface area contributed by atoms with Crippen LogP contribution in [-0.2, 0) is 6.54 Å². The van der Waals surface area contributed by atoms with E-state index >= 15 is 0 Å². The standard InChI is InChI=1S/C19H22N4O/c1-24-18-10-5-3-8-16(18)22-19(20)21-12-6-13-23-14-11-15-7-2-4-9-17(15)23/h2-5,7-11,14H,6,12-13H2,1H3,(H3,20,21,22). The molecule has 124 valence electrons. The number of hydrogen-bond donors (Lipinski definition) is 2. The summed E-state index contributed by atoms with van der Waals surface area (Å²) in [5.41, 5.74) is 8.02. The Hall–Kier alpha value is -2.95. The van der Waals surface area contributed by atoms with Crippen molar-refractivity contribution in [2.24, 2.45) is 10.7 Å². The first-order valence-corrected chi connectivity index (χ1v) is 8.02. The van der Waals surface area contributed by atoms with Crippen LogP contribution < -0.4 is 15.8 Å². The third-order valence-corrected chi connectivity index (χ3v) is 3.89. The monoisotopic (exact) mass is 322 g/mol. The Balaban J connectivity index is 1.54. The minimum atomic E-state index is 0.400. The Morgan fingerprint density at radius 2 is 1.92 bits per heavy atom. The molecule has 5 heteroatoms. The smallest absolute Gasteiger partial charge is 0.193 e. The highest BCUT2D eigenvalue weighted by Gasteiger charge is 2.02. The van der Waals surface area contributed by atoms with Gasteiger partial charge in [0.2, 0.25) is 0 Å². The van der Waals surface area contributed by atoms with E-state index in [2.05, 4.69) is 51.4 Å². The molecule has 3 aromatic rings. The van der Waals surface area contributed by atoms with Gasteiger partial charge in [0.1, 0.15) is 5.75 Å². The Labute approximate surface area is 141 Å². The van der Waals surface area contributed by atoms with Gasteiger partial charge < -0.3 is 20.4 Å². The Bertz CT molecular complexity index is 838. The predicted octanol–water partition coefficient (Wildman–Crippen LogP) is 3.47. The average Bonchev–Trinajstić information content (AvgIpc) is 3.02. The van der Waals surface area contributed by atoms with Crippen molar-refractivity contribution >= 4 is 22.5 Å². The van der Waals surface area contributed by atoms with Gasteiger partial charge in [-0.1, -0.05) is 30.3 Å². The van der Waals surface area contributed by atoms with E-state index in [0.29, 0.717) is 12.5 Å². The minimum Gasteiger partial charge on any atom is -0.495 e. The van der Waals surface area contributed by atoms with Crippen LogP contribution in [0.3, 0.4) is 0 Å². The highest BCUT2D eigenvalue weighted by Crippen LogP contribution is 2.22. The second-order valence-corrected chi connectivity index (χ2v) is 5.51. The first kappa shape index (κ1) is 15.9. The number of aliphatic imine (C=N–C) groups is 1. The van der Waals surface area contributed by atoms with Crippen molar-refractivity contribution < 1.29 is 4.74 Å². The summed E-state index contributed by atoms with van der Waals surface area (Å²) >= 11 is 0. The molecule has 0 saturated heterocycles. The van der Waals surface area contributed by atoms with Crippen LogP contribution in [0, 0.1) is 0 Å². The number of nitrogens with two attached hydrogens (primary N) is 1. The molecule has 1 heterocycles. The number of methoxy groups -OCH3 is 1. The molecule has 0 aliphatic carbocycles. The zero-order valence-corrected chi connectivity index (χ0v) is 13.8. The summed E-state index contributed by atoms with van der Waals surface area (Å²) in [6, 6.07) is 18.1. The fraction of sp³-hybridized carbons (Fsp3) is 0.211. The molecule has 0 atom stereocenters. The van der Waals surface area contributed by atoms with Crippen LogP contribution in [0.25, 0.3) is 10.9 Å². The number of benzene rings is 2. The van der Waals surface area contributed by atoms with Crippen LogP contribution in [0.15, 0.2) is 65.8 Å². The number of nitrogens with one attached hydrogen (secondary N) is 1. The number of guanidine groups is 1. The maximum absolute atomic E-state index is 5.96. The van der Waals surface area contributed by atoms with Gasteiger partial charge in [0.25, 0.3) is 0 Å². The highest BCUT2D eigenvalue weighted by molar-refractivity contribution is 5.93. The number of aryl methyl sites for hydroxylation is 1. The zero-order chi connectivity index (χ0) is 16.8. The van der Waals surface area contributed by atoms with Crippen molar-refractivity contribution in [3.63, 3.8) is 0 Å². The van der Waals surface area contributed by atoms with Crippen molar-refractivity contribution in [2.75, 3.05) is 19.0 Å². The summed E-state index contributed by atoms with van der Waals surface area (Å²) in [5.74, 6) is 1.14. The van der Waals surface area contributed by atoms with Gasteiger partial charge in [-0.2, -0.15) is 0 Å². The van der Waals surface area contributed by atoms with Gasteiger partial charge in [0, 0.05) is 24.8 Å². The van der Waals surface area contributed by atoms with Crippen LogP contribution in [0.4, 0.5) is 5.69 Å². The molecule has 0 spiro atoms. The van der Waals surface area contributed by atoms with E-state index in [0.717, 1.165) is 24.4 Å². The highest BCUT2D eigenvalue weighted by atomic mass is 16.5. The fourth-order valence-electron chi connectivity index (χ4n) is 2.70. The number of hydrogen-bond acceptors (Lipinski definition) is 2. The molecule has 0 saturated carbocycles. The van der Waals surface area contributed by atoms with Gasteiger partial charge in [0.15, 0.2) is 5.96 Å². The first-order valence-electron chi connectivity index (χ1n) is 8.02. The van der Waals surface area contributed by atoms with E-state index < -0.39 is 0 Å². The lowest BCUT2D eigenvalue weighted by Gasteiger charge is -2.10. The number of anilines is 1. The Morgan fingerprint density at radius 1 is 1.12 bits per heavy atom. The molecular weight excluding hydrogens is 300 g/mol. The quantitative estimate of drug-likeness (QED) is 0.415. The largest absolute Gasteiger partial charge is 0.495 e. The number of para-hydroxylation sites is 3. The van der Waals surface area contributed by atoms with Gasteiger partial charge in [-0.15, -0.1) is 0 Å². The summed E-state index contributed by atoms with van der Waals surface area (Å²) in [4.78, 5) is 4.39. The second kappa shape index (κ2) is 7.55. The van der Waals surface area contributed by atoms with Crippen LogP contribution in [0.5, 0.6) is 5.75 Å². The lowest BCUT2D eigenvalue weighted by atomic mass is 10.2. The van der Waals surface area contributed by atoms with E-state index in [-0.39, 0.29) is 0 Å². The van der Waals surface area contributed by atoms with E-state index in [1.165, 1.54) is 10.9 Å². The summed E-state index contributed by atoms with van der Waals surface area (Å²) < 4.78 is 7.53. The van der Waals surface area contributed by atoms with E-state index in [1.54, 1.807) is 7.11 Å². The zero-order valence-electron chi connectivity index (χ0n) is 13.8. The van der Waals surface area contributed by atoms with Crippen LogP contribution in [0.2, 0.25) is 0 Å². The molecule has 3 rings (SSSR count). The number of nitrogens with zero attached hydrogens (tertiary/aromatic N) is 2. The minimum absolute atomic E-state index is 0.400. The number of aromatic nitrogens is 1. The van der Waals surface area contributed by atoms with E-state index in [1.807, 2.05) is 24.3 Å². The molecule has 5 nitrogen and oxygen atoms in total. The van der Waals surface area contributed by atoms with Crippen molar-refractivity contribution in [2.45, 2.75) is 13.0 Å². The second-order valence-electron chi connectivity index (χ2n) is 5.51. The summed E-state index contributed by atoms with van der Waals surface area (Å²) in [6.45, 7) is 1.58. The summed E-state index contributed by atoms with van der Waals surface area (Å²) in [7, 11) is 1.63. The van der Waals surface area contributed by atoms with Crippen molar-refractivity contribution in [1.29, 1.82) is 0 Å². The number of ether oxygens (including phenoxy) is 1. The molecule has 2 aromatic carbocycles. The van der Waals surface area contributed by atoms with Crippen LogP contribution >= 0.6 is 0 Å². The van der Waals surface area contributed by atoms with Crippen molar-refractivity contribution in [1.82, 2.24) is 4.57 Å². The first-order chi connectivity index (χ1) is 11.8. The lowest BCUT2D eigenvalue weighted by Crippen LogP contribution is -2.23. The van der Waals surface area contributed by atoms with Crippen molar-refractivity contribution in [3.8, 4) is 5.75 Å². The fourth-order valence-corrected chi connectivity index (χ4v) is 2.70. The molecule has 24 heavy (non-hydrogen) atoms. The maximum Gasteiger partial charge on any atom is 0.193 e. The number of rotatable bonds is 6. The molecule has 1 aromatic heterocycles. The Kier molecular flexibility index (Phi) is 5.01. The van der Waals surface area contributed by atoms with Gasteiger partial charge in [-0.3, -0.25) is 4.99 Å². The molecule has 0 amide bonds. The topological polar surface area (TPSA) is 64.6 Å². The average molecular weight is 322 g/mol. The molecular formula is C19H22N4O. The molecule has 3 N–H and O–H groups in total. The molecule has 0 radical (unpaired) electrons. The van der Waals surface area contributed by atoms with Gasteiger partial charge in [-0.25, -0.2) is 0 Å². The SMILES string of the molecule is COc1ccccc1NC(N)=NCCCn1ccc2ccccc21. The molecule has 0 unspecified atom stereocenters. The molecule has 0 bridgehead atoms. The van der Waals surface area contributed by atoms with Gasteiger partial charge >= 0.3 is 0 Å². The third kappa shape index (κ3) is 3.68. The van der Waals surface area contributed by atoms with Gasteiger partial charge in [-0.05, 0) is 36.1 Å². The van der Waals surface area contributed by atoms with Crippen molar-refractivity contribution in [3.05, 3.63) is 60.8 Å². The summed E-state index contributed by atoms with van der Waals surface area (Å²) in [6.07, 6.45) is 3.04. The summed E-state index contributed by atoms with van der Waals surface area (Å²) in [5, 5.41) is 4.34. The Morgan fingerprint density at radius 3 is 2.79 bits per heavy atom. The van der Waals surface area contributed by atoms with E-state index in [9.17, 15) is 0 Å². The lowest BCUT2D eigenvalue weighted by molar-refractivity contribution is 0.417. The van der Waals surface area contributed by atoms with E-state index in [4.69, 9.17) is 10.5 Å². The third-order valence-electron chi connectivity index (χ3n) is 3.89. The predicted molar refractivity (Wildman–Crippen MR) is 99.7 cm³/mol. The molecule has 0 fully saturated rings. The van der Waals surface area contributed by atoms with Crippen LogP contribution in [-0.4, -0.2) is 24.2 Å². The maximum atomic E-state index is 5.96. The van der Waals surface area contributed by atoms with Gasteiger partial charge in [0.05, 0.1) is 12.8 Å².